The van der Waals surface area contributed by atoms with Crippen molar-refractivity contribution in [2.45, 2.75) is 63.1 Å². The second-order valence-electron chi connectivity index (χ2n) is 10.7. The van der Waals surface area contributed by atoms with E-state index in [2.05, 4.69) is 21.3 Å². The first kappa shape index (κ1) is 28.6. The quantitative estimate of drug-likeness (QED) is 0.457. The van der Waals surface area contributed by atoms with Crippen molar-refractivity contribution in [3.05, 3.63) is 70.8 Å². The van der Waals surface area contributed by atoms with Crippen LogP contribution in [0.2, 0.25) is 5.02 Å². The van der Waals surface area contributed by atoms with Crippen molar-refractivity contribution < 1.29 is 19.1 Å². The van der Waals surface area contributed by atoms with Gasteiger partial charge in [-0.2, -0.15) is 0 Å². The van der Waals surface area contributed by atoms with Crippen LogP contribution in [0, 0.1) is 0 Å². The van der Waals surface area contributed by atoms with Crippen LogP contribution in [0.15, 0.2) is 54.6 Å². The predicted octanol–water partition coefficient (Wildman–Crippen LogP) is 3.39. The molecule has 2 aliphatic rings. The smallest absolute Gasteiger partial charge is 0.245 e. The number of halogens is 1. The van der Waals surface area contributed by atoms with Gasteiger partial charge in [-0.15, -0.1) is 0 Å². The second kappa shape index (κ2) is 12.7. The molecule has 0 saturated heterocycles. The summed E-state index contributed by atoms with van der Waals surface area (Å²) in [7, 11) is 0. The molecule has 4 rings (SSSR count). The van der Waals surface area contributed by atoms with Gasteiger partial charge in [-0.3, -0.25) is 19.7 Å². The maximum atomic E-state index is 13.6. The summed E-state index contributed by atoms with van der Waals surface area (Å²) < 4.78 is 6.04. The van der Waals surface area contributed by atoms with E-state index in [1.807, 2.05) is 42.5 Å². The number of para-hydroxylation sites is 1. The van der Waals surface area contributed by atoms with E-state index in [1.165, 1.54) is 0 Å². The highest BCUT2D eigenvalue weighted by Crippen LogP contribution is 2.30. The molecule has 1 aliphatic heterocycles. The first-order chi connectivity index (χ1) is 18.7. The van der Waals surface area contributed by atoms with Crippen LogP contribution in [0.1, 0.15) is 50.7 Å². The Morgan fingerprint density at radius 2 is 1.77 bits per heavy atom. The Bertz CT molecular complexity index is 1220. The summed E-state index contributed by atoms with van der Waals surface area (Å²) in [6, 6.07) is 14.0. The molecule has 0 radical (unpaired) electrons. The number of benzene rings is 2. The van der Waals surface area contributed by atoms with Crippen molar-refractivity contribution in [1.82, 2.24) is 21.3 Å². The van der Waals surface area contributed by atoms with Crippen molar-refractivity contribution in [1.29, 1.82) is 0 Å². The molecule has 1 fully saturated rings. The summed E-state index contributed by atoms with van der Waals surface area (Å²) in [5.74, 6) is -0.282. The number of hydrogen-bond acceptors (Lipinski definition) is 5. The lowest BCUT2D eigenvalue weighted by atomic mass is 9.93. The predicted molar refractivity (Wildman–Crippen MR) is 152 cm³/mol. The fourth-order valence-electron chi connectivity index (χ4n) is 5.04. The standard InChI is InChI=1S/C30H37ClN4O4/c1-29(2)27(37)34-24(20-21-9-7-12-23(31)19-21)26(36)32-16-8-11-22-10-3-4-13-25(22)39-18-17-33-30(28(38)35-29)14-5-6-15-30/h3-4,7-13,19,24,33H,5-6,14-18,20H2,1-2H3,(H,32,36)(H,34,37)(H,35,38)/b11-8+/t24-/m0/s1. The van der Waals surface area contributed by atoms with E-state index in [4.69, 9.17) is 16.3 Å². The molecule has 208 valence electrons. The molecule has 1 aliphatic carbocycles. The molecule has 0 unspecified atom stereocenters. The van der Waals surface area contributed by atoms with Gasteiger partial charge in [0.2, 0.25) is 17.7 Å². The van der Waals surface area contributed by atoms with Crippen LogP contribution in [0.5, 0.6) is 5.75 Å². The first-order valence-corrected chi connectivity index (χ1v) is 13.9. The number of nitrogens with one attached hydrogen (secondary N) is 4. The Kier molecular flexibility index (Phi) is 9.30. The highest BCUT2D eigenvalue weighted by molar-refractivity contribution is 6.30. The number of ether oxygens (including phenoxy) is 1. The SMILES string of the molecule is CC1(C)NC(=O)C2(CCCC2)NCCOc2ccccc2/C=C/CNC(=O)[C@H](Cc2cccc(Cl)c2)NC1=O. The lowest BCUT2D eigenvalue weighted by Crippen LogP contribution is -2.65. The number of carbonyl (C=O) groups is 3. The lowest BCUT2D eigenvalue weighted by Gasteiger charge is -2.35. The van der Waals surface area contributed by atoms with E-state index < -0.39 is 23.0 Å². The fraction of sp³-hybridized carbons (Fsp3) is 0.433. The van der Waals surface area contributed by atoms with Gasteiger partial charge in [0.15, 0.2) is 0 Å². The van der Waals surface area contributed by atoms with Crippen molar-refractivity contribution in [3.8, 4) is 5.75 Å². The Morgan fingerprint density at radius 3 is 2.54 bits per heavy atom. The summed E-state index contributed by atoms with van der Waals surface area (Å²) in [5, 5.41) is 12.7. The van der Waals surface area contributed by atoms with Gasteiger partial charge >= 0.3 is 0 Å². The number of rotatable bonds is 2. The van der Waals surface area contributed by atoms with Crippen LogP contribution in [0.3, 0.4) is 0 Å². The summed E-state index contributed by atoms with van der Waals surface area (Å²) in [6.07, 6.45) is 7.18. The number of amides is 3. The first-order valence-electron chi connectivity index (χ1n) is 13.5. The zero-order chi connectivity index (χ0) is 27.9. The largest absolute Gasteiger partial charge is 0.492 e. The average molecular weight is 553 g/mol. The van der Waals surface area contributed by atoms with Gasteiger partial charge in [0.05, 0.1) is 5.54 Å². The molecule has 8 nitrogen and oxygen atoms in total. The van der Waals surface area contributed by atoms with E-state index in [0.717, 1.165) is 29.7 Å². The molecule has 9 heteroatoms. The third kappa shape index (κ3) is 7.40. The van der Waals surface area contributed by atoms with Crippen LogP contribution in [-0.4, -0.2) is 54.5 Å². The third-order valence-corrected chi connectivity index (χ3v) is 7.50. The van der Waals surface area contributed by atoms with E-state index in [-0.39, 0.29) is 24.8 Å². The van der Waals surface area contributed by atoms with Gasteiger partial charge in [-0.1, -0.05) is 66.9 Å². The van der Waals surface area contributed by atoms with Gasteiger partial charge in [-0.05, 0) is 50.5 Å². The molecule has 2 aromatic carbocycles. The van der Waals surface area contributed by atoms with Gasteiger partial charge in [-0.25, -0.2) is 0 Å². The van der Waals surface area contributed by atoms with Crippen LogP contribution >= 0.6 is 11.6 Å². The zero-order valence-corrected chi connectivity index (χ0v) is 23.3. The molecule has 0 aromatic heterocycles. The number of hydrogen-bond donors (Lipinski definition) is 4. The highest BCUT2D eigenvalue weighted by Gasteiger charge is 2.44. The minimum atomic E-state index is -1.25. The highest BCUT2D eigenvalue weighted by atomic mass is 35.5. The normalized spacial score (nSPS) is 22.8. The van der Waals surface area contributed by atoms with E-state index in [1.54, 1.807) is 32.0 Å². The lowest BCUT2D eigenvalue weighted by molar-refractivity contribution is -0.137. The third-order valence-electron chi connectivity index (χ3n) is 7.27. The number of carbonyl (C=O) groups excluding carboxylic acids is 3. The molecular weight excluding hydrogens is 516 g/mol. The maximum Gasteiger partial charge on any atom is 0.245 e. The van der Waals surface area contributed by atoms with Crippen LogP contribution < -0.4 is 26.0 Å². The number of fused-ring (bicyclic) bond motifs is 1. The van der Waals surface area contributed by atoms with Crippen molar-refractivity contribution in [3.63, 3.8) is 0 Å². The van der Waals surface area contributed by atoms with E-state index >= 15 is 0 Å². The Balaban J connectivity index is 1.61. The van der Waals surface area contributed by atoms with Gasteiger partial charge in [0.25, 0.3) is 0 Å². The Hall–Kier alpha value is -3.36. The van der Waals surface area contributed by atoms with Gasteiger partial charge < -0.3 is 20.7 Å². The zero-order valence-electron chi connectivity index (χ0n) is 22.5. The van der Waals surface area contributed by atoms with Crippen molar-refractivity contribution >= 4 is 35.4 Å². The molecule has 39 heavy (non-hydrogen) atoms. The average Bonchev–Trinajstić information content (AvgIpc) is 3.39. The summed E-state index contributed by atoms with van der Waals surface area (Å²) in [6.45, 7) is 4.43. The molecule has 3 amide bonds. The van der Waals surface area contributed by atoms with E-state index in [9.17, 15) is 14.4 Å². The Labute approximate surface area is 234 Å². The molecule has 4 N–H and O–H groups in total. The minimum absolute atomic E-state index is 0.222. The van der Waals surface area contributed by atoms with Crippen LogP contribution in [0.4, 0.5) is 0 Å². The maximum absolute atomic E-state index is 13.6. The minimum Gasteiger partial charge on any atom is -0.492 e. The summed E-state index contributed by atoms with van der Waals surface area (Å²) in [5.41, 5.74) is -0.333. The van der Waals surface area contributed by atoms with Crippen molar-refractivity contribution in [2.75, 3.05) is 19.7 Å². The molecule has 1 heterocycles. The molecule has 1 spiro atoms. The fourth-order valence-corrected chi connectivity index (χ4v) is 5.25. The monoisotopic (exact) mass is 552 g/mol. The van der Waals surface area contributed by atoms with Crippen LogP contribution in [0.25, 0.3) is 6.08 Å². The van der Waals surface area contributed by atoms with Gasteiger partial charge in [0.1, 0.15) is 23.9 Å². The molecule has 2 aromatic rings. The summed E-state index contributed by atoms with van der Waals surface area (Å²) >= 11 is 6.16. The Morgan fingerprint density at radius 1 is 1.00 bits per heavy atom. The summed E-state index contributed by atoms with van der Waals surface area (Å²) in [4.78, 5) is 40.3. The molecule has 1 atom stereocenters. The van der Waals surface area contributed by atoms with Gasteiger partial charge in [0, 0.05) is 30.1 Å². The molecular formula is C30H37ClN4O4. The van der Waals surface area contributed by atoms with Crippen LogP contribution in [-0.2, 0) is 20.8 Å². The van der Waals surface area contributed by atoms with E-state index in [0.29, 0.717) is 31.0 Å². The molecule has 0 bridgehead atoms. The molecule has 1 saturated carbocycles. The second-order valence-corrected chi connectivity index (χ2v) is 11.1. The van der Waals surface area contributed by atoms with Crippen molar-refractivity contribution in [2.24, 2.45) is 0 Å². The topological polar surface area (TPSA) is 109 Å².